The smallest absolute Gasteiger partial charge is 0.257 e. The van der Waals surface area contributed by atoms with E-state index in [-0.39, 0.29) is 5.91 Å². The summed E-state index contributed by atoms with van der Waals surface area (Å²) in [6.07, 6.45) is 7.93. The molecule has 0 saturated carbocycles. The van der Waals surface area contributed by atoms with Gasteiger partial charge in [-0.25, -0.2) is 9.97 Å². The molecule has 1 N–H and O–H groups in total. The highest BCUT2D eigenvalue weighted by atomic mass is 16.3. The highest BCUT2D eigenvalue weighted by Gasteiger charge is 2.36. The van der Waals surface area contributed by atoms with Gasteiger partial charge in [-0.3, -0.25) is 9.78 Å². The lowest BCUT2D eigenvalue weighted by Crippen LogP contribution is -2.54. The molecule has 132 valence electrons. The van der Waals surface area contributed by atoms with Gasteiger partial charge in [0.2, 0.25) is 0 Å². The Morgan fingerprint density at radius 1 is 1.32 bits per heavy atom. The monoisotopic (exact) mass is 341 g/mol. The maximum Gasteiger partial charge on any atom is 0.257 e. The highest BCUT2D eigenvalue weighted by molar-refractivity contribution is 5.93. The first-order valence-corrected chi connectivity index (χ1v) is 8.36. The van der Waals surface area contributed by atoms with Crippen LogP contribution in [0, 0.1) is 0 Å². The van der Waals surface area contributed by atoms with Gasteiger partial charge in [-0.1, -0.05) is 0 Å². The number of carbonyl (C=O) groups is 1. The minimum Gasteiger partial charge on any atom is -0.387 e. The molecule has 0 aliphatic carbocycles. The Hall–Kier alpha value is -2.38. The minimum absolute atomic E-state index is 0.144. The van der Waals surface area contributed by atoms with E-state index in [4.69, 9.17) is 0 Å². The summed E-state index contributed by atoms with van der Waals surface area (Å²) in [6, 6.07) is 3.69. The molecule has 1 aliphatic rings. The van der Waals surface area contributed by atoms with Crippen LogP contribution in [0.5, 0.6) is 0 Å². The van der Waals surface area contributed by atoms with E-state index in [0.717, 1.165) is 12.0 Å². The van der Waals surface area contributed by atoms with Gasteiger partial charge in [0.1, 0.15) is 0 Å². The maximum atomic E-state index is 12.7. The number of rotatable bonds is 4. The number of likely N-dealkylation sites (N-methyl/N-ethyl adjacent to an activating group) is 1. The average molecular weight is 341 g/mol. The third kappa shape index (κ3) is 4.18. The van der Waals surface area contributed by atoms with Crippen molar-refractivity contribution in [1.29, 1.82) is 0 Å². The van der Waals surface area contributed by atoms with Gasteiger partial charge >= 0.3 is 0 Å². The first-order valence-electron chi connectivity index (χ1n) is 8.36. The fourth-order valence-electron chi connectivity index (χ4n) is 3.27. The summed E-state index contributed by atoms with van der Waals surface area (Å²) < 4.78 is 0. The van der Waals surface area contributed by atoms with E-state index in [0.29, 0.717) is 37.4 Å². The fraction of sp³-hybridized carbons (Fsp3) is 0.444. The quantitative estimate of drug-likeness (QED) is 0.896. The summed E-state index contributed by atoms with van der Waals surface area (Å²) in [6.45, 7) is 1.50. The van der Waals surface area contributed by atoms with Gasteiger partial charge in [0.25, 0.3) is 5.91 Å². The molecular formula is C18H23N5O2. The number of β-amino-alcohol motifs (C(OH)–C–C–N with tert-alkyl or cyclic N) is 1. The first-order chi connectivity index (χ1) is 12.0. The number of hydrogen-bond donors (Lipinski definition) is 1. The SMILES string of the molecule is CN(C)C[C@@]1(O)CCCN(C(=O)c2cnc(-c3cccnc3)nc2)C1. The molecule has 7 nitrogen and oxygen atoms in total. The van der Waals surface area contributed by atoms with E-state index in [1.807, 2.05) is 31.1 Å². The molecule has 0 bridgehead atoms. The number of piperidine rings is 1. The lowest BCUT2D eigenvalue weighted by atomic mass is 9.92. The average Bonchev–Trinajstić information content (AvgIpc) is 2.61. The fourth-order valence-corrected chi connectivity index (χ4v) is 3.27. The summed E-state index contributed by atoms with van der Waals surface area (Å²) in [4.78, 5) is 29.0. The molecule has 7 heteroatoms. The van der Waals surface area contributed by atoms with E-state index in [2.05, 4.69) is 15.0 Å². The number of aromatic nitrogens is 3. The second kappa shape index (κ2) is 7.25. The number of hydrogen-bond acceptors (Lipinski definition) is 6. The van der Waals surface area contributed by atoms with Crippen LogP contribution in [-0.2, 0) is 0 Å². The molecular weight excluding hydrogens is 318 g/mol. The van der Waals surface area contributed by atoms with Gasteiger partial charge in [0.15, 0.2) is 5.82 Å². The molecule has 0 aromatic carbocycles. The van der Waals surface area contributed by atoms with Gasteiger partial charge in [-0.05, 0) is 39.1 Å². The normalized spacial score (nSPS) is 20.7. The third-order valence-corrected chi connectivity index (χ3v) is 4.27. The second-order valence-corrected chi connectivity index (χ2v) is 6.83. The molecule has 0 radical (unpaired) electrons. The van der Waals surface area contributed by atoms with E-state index in [9.17, 15) is 9.90 Å². The summed E-state index contributed by atoms with van der Waals surface area (Å²) in [5.74, 6) is 0.391. The van der Waals surface area contributed by atoms with Gasteiger partial charge in [0.05, 0.1) is 17.7 Å². The Bertz CT molecular complexity index is 720. The zero-order chi connectivity index (χ0) is 17.9. The zero-order valence-electron chi connectivity index (χ0n) is 14.6. The predicted molar refractivity (Wildman–Crippen MR) is 93.9 cm³/mol. The van der Waals surface area contributed by atoms with Crippen molar-refractivity contribution < 1.29 is 9.90 Å². The molecule has 3 heterocycles. The number of carbonyl (C=O) groups excluding carboxylic acids is 1. The van der Waals surface area contributed by atoms with Crippen molar-refractivity contribution in [2.45, 2.75) is 18.4 Å². The predicted octanol–water partition coefficient (Wildman–Crippen LogP) is 1.07. The van der Waals surface area contributed by atoms with Crippen LogP contribution in [0.3, 0.4) is 0 Å². The van der Waals surface area contributed by atoms with Crippen LogP contribution in [0.15, 0.2) is 36.9 Å². The summed E-state index contributed by atoms with van der Waals surface area (Å²) in [5, 5.41) is 10.7. The molecule has 0 spiro atoms. The second-order valence-electron chi connectivity index (χ2n) is 6.83. The van der Waals surface area contributed by atoms with Crippen molar-refractivity contribution in [2.24, 2.45) is 0 Å². The number of pyridine rings is 1. The van der Waals surface area contributed by atoms with Crippen molar-refractivity contribution in [1.82, 2.24) is 24.8 Å². The summed E-state index contributed by atoms with van der Waals surface area (Å²) in [7, 11) is 3.84. The molecule has 3 rings (SSSR count). The van der Waals surface area contributed by atoms with Crippen LogP contribution in [0.2, 0.25) is 0 Å². The molecule has 1 fully saturated rings. The molecule has 1 aliphatic heterocycles. The molecule has 25 heavy (non-hydrogen) atoms. The number of likely N-dealkylation sites (tertiary alicyclic amines) is 1. The first kappa shape index (κ1) is 17.4. The molecule has 1 amide bonds. The number of amides is 1. The largest absolute Gasteiger partial charge is 0.387 e. The highest BCUT2D eigenvalue weighted by Crippen LogP contribution is 2.23. The van der Waals surface area contributed by atoms with E-state index >= 15 is 0 Å². The molecule has 1 atom stereocenters. The van der Waals surface area contributed by atoms with Crippen molar-refractivity contribution in [3.8, 4) is 11.4 Å². The van der Waals surface area contributed by atoms with E-state index in [1.54, 1.807) is 17.3 Å². The summed E-state index contributed by atoms with van der Waals surface area (Å²) >= 11 is 0. The number of aliphatic hydroxyl groups is 1. The maximum absolute atomic E-state index is 12.7. The van der Waals surface area contributed by atoms with Crippen molar-refractivity contribution in [3.63, 3.8) is 0 Å². The van der Waals surface area contributed by atoms with Gasteiger partial charge < -0.3 is 14.9 Å². The van der Waals surface area contributed by atoms with Crippen LogP contribution < -0.4 is 0 Å². The van der Waals surface area contributed by atoms with Crippen molar-refractivity contribution in [3.05, 3.63) is 42.5 Å². The molecule has 2 aromatic rings. The topological polar surface area (TPSA) is 82.5 Å². The van der Waals surface area contributed by atoms with Crippen LogP contribution >= 0.6 is 0 Å². The van der Waals surface area contributed by atoms with Crippen molar-refractivity contribution in [2.75, 3.05) is 33.7 Å². The molecule has 0 unspecified atom stereocenters. The molecule has 2 aromatic heterocycles. The lowest BCUT2D eigenvalue weighted by Gasteiger charge is -2.40. The molecule has 1 saturated heterocycles. The Balaban J connectivity index is 1.72. The van der Waals surface area contributed by atoms with Crippen LogP contribution in [0.1, 0.15) is 23.2 Å². The summed E-state index contributed by atoms with van der Waals surface area (Å²) in [5.41, 5.74) is 0.370. The lowest BCUT2D eigenvalue weighted by molar-refractivity contribution is -0.0391. The Morgan fingerprint density at radius 3 is 2.72 bits per heavy atom. The Labute approximate surface area is 147 Å². The third-order valence-electron chi connectivity index (χ3n) is 4.27. The Kier molecular flexibility index (Phi) is 5.06. The van der Waals surface area contributed by atoms with Crippen molar-refractivity contribution >= 4 is 5.91 Å². The Morgan fingerprint density at radius 2 is 2.08 bits per heavy atom. The van der Waals surface area contributed by atoms with E-state index < -0.39 is 5.60 Å². The van der Waals surface area contributed by atoms with Gasteiger partial charge in [-0.2, -0.15) is 0 Å². The van der Waals surface area contributed by atoms with E-state index in [1.165, 1.54) is 12.4 Å². The number of nitrogens with zero attached hydrogens (tertiary/aromatic N) is 5. The standard InChI is InChI=1S/C18H23N5O2/c1-22(2)12-18(25)6-4-8-23(13-18)17(24)15-10-20-16(21-11-15)14-5-3-7-19-9-14/h3,5,7,9-11,25H,4,6,8,12-13H2,1-2H3/t18-/m0/s1. The minimum atomic E-state index is -0.867. The van der Waals surface area contributed by atoms with Gasteiger partial charge in [-0.15, -0.1) is 0 Å². The van der Waals surface area contributed by atoms with Gasteiger partial charge in [0, 0.05) is 43.4 Å². The zero-order valence-corrected chi connectivity index (χ0v) is 14.6. The van der Waals surface area contributed by atoms with Crippen LogP contribution in [-0.4, -0.2) is 75.1 Å². The van der Waals surface area contributed by atoms with Crippen LogP contribution in [0.25, 0.3) is 11.4 Å². The van der Waals surface area contributed by atoms with Crippen LogP contribution in [0.4, 0.5) is 0 Å².